The van der Waals surface area contributed by atoms with Crippen molar-refractivity contribution in [2.24, 2.45) is 10.3 Å². The van der Waals surface area contributed by atoms with Crippen molar-refractivity contribution in [2.75, 3.05) is 0 Å². The summed E-state index contributed by atoms with van der Waals surface area (Å²) in [6, 6.07) is 0. The summed E-state index contributed by atoms with van der Waals surface area (Å²) in [5.41, 5.74) is -1.33. The van der Waals surface area contributed by atoms with Gasteiger partial charge in [0, 0.05) is 5.16 Å². The lowest BCUT2D eigenvalue weighted by Gasteiger charge is -2.01. The Kier molecular flexibility index (Phi) is 4.27. The molecule has 12 heteroatoms. The molecule has 0 aliphatic carbocycles. The zero-order valence-corrected chi connectivity index (χ0v) is 10.0. The van der Waals surface area contributed by atoms with E-state index in [1.165, 1.54) is 6.92 Å². The van der Waals surface area contributed by atoms with Gasteiger partial charge in [-0.25, -0.2) is 4.79 Å². The molecular weight excluding hydrogens is 289 g/mol. The molecule has 0 bridgehead atoms. The van der Waals surface area contributed by atoms with Crippen LogP contribution in [0.25, 0.3) is 0 Å². The number of carbonyl (C=O) groups is 1. The molecule has 0 unspecified atom stereocenters. The Morgan fingerprint density at radius 3 is 2.55 bits per heavy atom. The first-order valence-electron chi connectivity index (χ1n) is 4.80. The zero-order chi connectivity index (χ0) is 15.5. The maximum Gasteiger partial charge on any atom is 0.493 e. The van der Waals surface area contributed by atoms with Gasteiger partial charge in [0.2, 0.25) is 0 Å². The van der Waals surface area contributed by atoms with E-state index in [9.17, 15) is 23.2 Å². The summed E-state index contributed by atoms with van der Waals surface area (Å²) in [6.07, 6.45) is -5.21. The molecule has 1 aromatic rings. The van der Waals surface area contributed by atoms with Crippen LogP contribution >= 0.6 is 0 Å². The predicted molar refractivity (Wildman–Crippen MR) is 53.8 cm³/mol. The van der Waals surface area contributed by atoms with E-state index < -0.39 is 17.8 Å². The molecule has 0 radical (unpaired) electrons. The second-order valence-electron chi connectivity index (χ2n) is 3.37. The highest BCUT2D eigenvalue weighted by Gasteiger charge is 2.42. The van der Waals surface area contributed by atoms with Crippen molar-refractivity contribution >= 4 is 17.4 Å². The highest BCUT2D eigenvalue weighted by molar-refractivity contribution is 6.07. The highest BCUT2D eigenvalue weighted by atomic mass is 19.4. The van der Waals surface area contributed by atoms with E-state index in [4.69, 9.17) is 5.21 Å². The SMILES string of the molecule is C/C(=N/OC(=O)C(F)(F)F)c1no[n+]([O-])c1/C(C)=N\O. The Bertz CT molecular complexity index is 577. The van der Waals surface area contributed by atoms with Crippen LogP contribution in [0.15, 0.2) is 14.9 Å². The smallest absolute Gasteiger partial charge is 0.411 e. The van der Waals surface area contributed by atoms with Gasteiger partial charge >= 0.3 is 12.1 Å². The lowest BCUT2D eigenvalue weighted by atomic mass is 10.2. The Balaban J connectivity index is 3.05. The molecular formula is C8H7F3N4O5. The summed E-state index contributed by atoms with van der Waals surface area (Å²) in [5.74, 6) is -2.54. The molecule has 9 nitrogen and oxygen atoms in total. The molecule has 0 saturated heterocycles. The van der Waals surface area contributed by atoms with E-state index in [1.54, 1.807) is 0 Å². The minimum Gasteiger partial charge on any atom is -0.411 e. The topological polar surface area (TPSA) is 124 Å². The lowest BCUT2D eigenvalue weighted by Crippen LogP contribution is -2.31. The molecule has 1 aromatic heterocycles. The largest absolute Gasteiger partial charge is 0.493 e. The van der Waals surface area contributed by atoms with Gasteiger partial charge in [0.25, 0.3) is 11.4 Å². The number of aromatic nitrogens is 2. The van der Waals surface area contributed by atoms with Gasteiger partial charge in [-0.15, -0.1) is 0 Å². The minimum atomic E-state index is -5.21. The van der Waals surface area contributed by atoms with Gasteiger partial charge < -0.3 is 15.3 Å². The van der Waals surface area contributed by atoms with Crippen molar-refractivity contribution in [1.29, 1.82) is 0 Å². The quantitative estimate of drug-likeness (QED) is 0.282. The summed E-state index contributed by atoms with van der Waals surface area (Å²) in [5, 5.41) is 28.6. The molecule has 0 saturated carbocycles. The standard InChI is InChI=1S/C8H7F3N4O5/c1-3(13-19-7(16)8(9,10)11)5-6(4(2)12-17)15(18)20-14-5/h17H,1-2H3/b12-4-,13-3-. The number of halogens is 3. The van der Waals surface area contributed by atoms with Gasteiger partial charge in [0.15, 0.2) is 0 Å². The lowest BCUT2D eigenvalue weighted by molar-refractivity contribution is -0.803. The van der Waals surface area contributed by atoms with Gasteiger partial charge in [0.05, 0.1) is 0 Å². The first kappa shape index (κ1) is 15.4. The van der Waals surface area contributed by atoms with Crippen molar-refractivity contribution in [3.05, 3.63) is 16.6 Å². The first-order chi connectivity index (χ1) is 9.18. The summed E-state index contributed by atoms with van der Waals surface area (Å²) >= 11 is 0. The Labute approximate surface area is 108 Å². The van der Waals surface area contributed by atoms with Gasteiger partial charge in [-0.2, -0.15) is 13.2 Å². The fourth-order valence-corrected chi connectivity index (χ4v) is 1.04. The number of hydrogen-bond acceptors (Lipinski definition) is 8. The van der Waals surface area contributed by atoms with Crippen LogP contribution in [0.4, 0.5) is 13.2 Å². The van der Waals surface area contributed by atoms with Crippen LogP contribution in [-0.4, -0.2) is 33.9 Å². The molecule has 0 fully saturated rings. The Morgan fingerprint density at radius 2 is 2.05 bits per heavy atom. The van der Waals surface area contributed by atoms with Crippen molar-refractivity contribution in [3.63, 3.8) is 0 Å². The predicted octanol–water partition coefficient (Wildman–Crippen LogP) is 0.336. The molecule has 1 heterocycles. The van der Waals surface area contributed by atoms with Crippen LogP contribution in [0.1, 0.15) is 25.2 Å². The fraction of sp³-hybridized carbons (Fsp3) is 0.375. The monoisotopic (exact) mass is 296 g/mol. The molecule has 0 amide bonds. The van der Waals surface area contributed by atoms with E-state index in [1.807, 2.05) is 0 Å². The van der Waals surface area contributed by atoms with Crippen molar-refractivity contribution in [1.82, 2.24) is 5.16 Å². The average molecular weight is 296 g/mol. The van der Waals surface area contributed by atoms with E-state index in [-0.39, 0.29) is 22.0 Å². The number of nitrogens with zero attached hydrogens (tertiary/aromatic N) is 4. The molecule has 0 aliphatic rings. The van der Waals surface area contributed by atoms with Crippen LogP contribution in [0.3, 0.4) is 0 Å². The third kappa shape index (κ3) is 3.21. The molecule has 0 aliphatic heterocycles. The number of rotatable bonds is 3. The van der Waals surface area contributed by atoms with Crippen molar-refractivity contribution in [3.8, 4) is 0 Å². The fourth-order valence-electron chi connectivity index (χ4n) is 1.04. The van der Waals surface area contributed by atoms with Crippen molar-refractivity contribution in [2.45, 2.75) is 20.0 Å². The molecule has 20 heavy (non-hydrogen) atoms. The van der Waals surface area contributed by atoms with E-state index in [0.717, 1.165) is 6.92 Å². The van der Waals surface area contributed by atoms with Crippen molar-refractivity contribution < 1.29 is 37.5 Å². The van der Waals surface area contributed by atoms with E-state index in [0.29, 0.717) is 0 Å². The maximum atomic E-state index is 11.9. The van der Waals surface area contributed by atoms with Crippen LogP contribution in [-0.2, 0) is 9.63 Å². The summed E-state index contributed by atoms with van der Waals surface area (Å²) in [4.78, 5) is 13.9. The zero-order valence-electron chi connectivity index (χ0n) is 10.0. The molecule has 0 atom stereocenters. The van der Waals surface area contributed by atoms with Gasteiger partial charge in [-0.05, 0) is 18.8 Å². The molecule has 0 aromatic carbocycles. The molecule has 0 spiro atoms. The number of carbonyl (C=O) groups excluding carboxylic acids is 1. The van der Waals surface area contributed by atoms with E-state index >= 15 is 0 Å². The maximum absolute atomic E-state index is 11.9. The van der Waals surface area contributed by atoms with Crippen LogP contribution < -0.4 is 4.90 Å². The number of hydrogen-bond donors (Lipinski definition) is 1. The Morgan fingerprint density at radius 1 is 1.45 bits per heavy atom. The van der Waals surface area contributed by atoms with Crippen LogP contribution in [0.2, 0.25) is 0 Å². The second-order valence-corrected chi connectivity index (χ2v) is 3.37. The molecule has 1 rings (SSSR count). The number of oxime groups is 2. The van der Waals surface area contributed by atoms with Crippen LogP contribution in [0.5, 0.6) is 0 Å². The highest BCUT2D eigenvalue weighted by Crippen LogP contribution is 2.16. The molecule has 110 valence electrons. The normalized spacial score (nSPS) is 13.4. The van der Waals surface area contributed by atoms with Crippen LogP contribution in [0, 0.1) is 5.21 Å². The summed E-state index contributed by atoms with van der Waals surface area (Å²) < 4.78 is 39.8. The van der Waals surface area contributed by atoms with Gasteiger partial charge in [-0.3, -0.25) is 4.63 Å². The third-order valence-corrected chi connectivity index (χ3v) is 1.95. The summed E-state index contributed by atoms with van der Waals surface area (Å²) in [7, 11) is 0. The van der Waals surface area contributed by atoms with Gasteiger partial charge in [0.1, 0.15) is 11.4 Å². The Hall–Kier alpha value is -2.66. The number of alkyl halides is 3. The molecule has 1 N–H and O–H groups in total. The minimum absolute atomic E-state index is 0.144. The summed E-state index contributed by atoms with van der Waals surface area (Å²) in [6.45, 7) is 2.31. The first-order valence-corrected chi connectivity index (χ1v) is 4.80. The third-order valence-electron chi connectivity index (χ3n) is 1.95. The average Bonchev–Trinajstić information content (AvgIpc) is 2.75. The second kappa shape index (κ2) is 5.54. The van der Waals surface area contributed by atoms with Gasteiger partial charge in [-0.1, -0.05) is 10.3 Å². The van der Waals surface area contributed by atoms with E-state index in [2.05, 4.69) is 24.9 Å².